The number of aromatic nitrogens is 2. The van der Waals surface area contributed by atoms with Gasteiger partial charge < -0.3 is 10.4 Å². The third-order valence-corrected chi connectivity index (χ3v) is 3.87. The molecule has 3 aromatic rings. The van der Waals surface area contributed by atoms with E-state index in [1.807, 2.05) is 0 Å². The molecule has 1 amide bonds. The van der Waals surface area contributed by atoms with Crippen molar-refractivity contribution < 1.29 is 14.8 Å². The van der Waals surface area contributed by atoms with Gasteiger partial charge in [0, 0.05) is 31.1 Å². The van der Waals surface area contributed by atoms with E-state index in [1.165, 1.54) is 7.05 Å². The lowest BCUT2D eigenvalue weighted by molar-refractivity contribution is -0.385. The van der Waals surface area contributed by atoms with Crippen molar-refractivity contribution in [3.8, 4) is 5.75 Å². The molecule has 2 aromatic carbocycles. The minimum absolute atomic E-state index is 0.0283. The molecule has 1 N–H and O–H groups in total. The number of nitro groups is 1. The van der Waals surface area contributed by atoms with E-state index < -0.39 is 16.6 Å². The number of hydrogen-bond donors (Lipinski definition) is 1. The van der Waals surface area contributed by atoms with Gasteiger partial charge in [0.05, 0.1) is 10.3 Å². The Balaban J connectivity index is 1.92. The number of fused-ring (bicyclic) bond motifs is 1. The fraction of sp³-hybridized carbons (Fsp3) is 0.118. The highest BCUT2D eigenvalue weighted by molar-refractivity contribution is 6.04. The van der Waals surface area contributed by atoms with Gasteiger partial charge in [-0.1, -0.05) is 24.3 Å². The molecular weight excluding hydrogens is 340 g/mol. The molecule has 1 aromatic heterocycles. The van der Waals surface area contributed by atoms with Gasteiger partial charge in [-0.25, -0.2) is 4.68 Å². The molecule has 0 unspecified atom stereocenters. The average molecular weight is 353 g/mol. The van der Waals surface area contributed by atoms with E-state index in [1.54, 1.807) is 24.3 Å². The van der Waals surface area contributed by atoms with E-state index in [0.29, 0.717) is 10.8 Å². The van der Waals surface area contributed by atoms with Crippen molar-refractivity contribution in [3.05, 3.63) is 74.2 Å². The first-order chi connectivity index (χ1) is 12.4. The standard InChI is InChI=1S/C17H14N4O5/c1-20-17(24)13-5-3-2-4-12(13)15(19-20)16(23)18-9-10-8-11(21(25)26)6-7-14(10)22/h2-8,22H,9H2,1H3,(H,18,23)/p-1. The van der Waals surface area contributed by atoms with Crippen LogP contribution in [0, 0.1) is 10.1 Å². The predicted octanol–water partition coefficient (Wildman–Crippen LogP) is 0.845. The number of aryl methyl sites for hydroxylation is 1. The Labute approximate surface area is 146 Å². The van der Waals surface area contributed by atoms with Gasteiger partial charge >= 0.3 is 0 Å². The van der Waals surface area contributed by atoms with Gasteiger partial charge in [0.2, 0.25) is 0 Å². The number of carbonyl (C=O) groups excluding carboxylic acids is 1. The zero-order valence-corrected chi connectivity index (χ0v) is 13.6. The Hall–Kier alpha value is -3.75. The van der Waals surface area contributed by atoms with Gasteiger partial charge in [-0.3, -0.25) is 19.7 Å². The lowest BCUT2D eigenvalue weighted by Gasteiger charge is -2.14. The first kappa shape index (κ1) is 17.1. The molecule has 0 aliphatic carbocycles. The lowest BCUT2D eigenvalue weighted by atomic mass is 10.1. The predicted molar refractivity (Wildman–Crippen MR) is 90.7 cm³/mol. The van der Waals surface area contributed by atoms with Gasteiger partial charge in [-0.15, -0.1) is 5.75 Å². The van der Waals surface area contributed by atoms with E-state index in [2.05, 4.69) is 10.4 Å². The van der Waals surface area contributed by atoms with Crippen molar-refractivity contribution in [2.45, 2.75) is 6.54 Å². The molecule has 9 nitrogen and oxygen atoms in total. The van der Waals surface area contributed by atoms with E-state index in [0.717, 1.165) is 22.9 Å². The molecule has 0 bridgehead atoms. The molecule has 9 heteroatoms. The summed E-state index contributed by atoms with van der Waals surface area (Å²) in [5.74, 6) is -1.02. The molecule has 26 heavy (non-hydrogen) atoms. The summed E-state index contributed by atoms with van der Waals surface area (Å²) in [5, 5.41) is 29.9. The molecule has 0 fully saturated rings. The Bertz CT molecular complexity index is 1090. The summed E-state index contributed by atoms with van der Waals surface area (Å²) >= 11 is 0. The molecule has 0 spiro atoms. The number of carbonyl (C=O) groups is 1. The minimum atomic E-state index is -0.618. The number of non-ortho nitro benzene ring substituents is 1. The highest BCUT2D eigenvalue weighted by Crippen LogP contribution is 2.21. The van der Waals surface area contributed by atoms with Crippen molar-refractivity contribution in [3.63, 3.8) is 0 Å². The second-order valence-corrected chi connectivity index (χ2v) is 5.55. The third kappa shape index (κ3) is 3.09. The zero-order chi connectivity index (χ0) is 18.8. The Morgan fingerprint density at radius 1 is 1.23 bits per heavy atom. The molecule has 0 radical (unpaired) electrons. The largest absolute Gasteiger partial charge is 0.872 e. The van der Waals surface area contributed by atoms with Gasteiger partial charge in [0.1, 0.15) is 0 Å². The number of rotatable bonds is 4. The number of nitrogens with one attached hydrogen (secondary N) is 1. The number of benzene rings is 2. The summed E-state index contributed by atoms with van der Waals surface area (Å²) in [6.07, 6.45) is 0. The maximum Gasteiger partial charge on any atom is 0.274 e. The molecular formula is C17H13N4O5-. The zero-order valence-electron chi connectivity index (χ0n) is 13.6. The fourth-order valence-corrected chi connectivity index (χ4v) is 2.54. The van der Waals surface area contributed by atoms with Crippen LogP contribution in [0.5, 0.6) is 5.75 Å². The van der Waals surface area contributed by atoms with E-state index in [-0.39, 0.29) is 29.0 Å². The smallest absolute Gasteiger partial charge is 0.274 e. The van der Waals surface area contributed by atoms with Crippen LogP contribution in [0.25, 0.3) is 10.8 Å². The van der Waals surface area contributed by atoms with Gasteiger partial charge in [0.15, 0.2) is 5.69 Å². The van der Waals surface area contributed by atoms with Crippen LogP contribution in [0.1, 0.15) is 16.1 Å². The summed E-state index contributed by atoms with van der Waals surface area (Å²) in [4.78, 5) is 34.8. The highest BCUT2D eigenvalue weighted by atomic mass is 16.6. The van der Waals surface area contributed by atoms with Crippen molar-refractivity contribution >= 4 is 22.4 Å². The van der Waals surface area contributed by atoms with Crippen LogP contribution < -0.4 is 16.0 Å². The van der Waals surface area contributed by atoms with Crippen LogP contribution in [0.3, 0.4) is 0 Å². The number of amides is 1. The Kier molecular flexibility index (Phi) is 4.36. The molecule has 0 saturated carbocycles. The lowest BCUT2D eigenvalue weighted by Crippen LogP contribution is -2.29. The van der Waals surface area contributed by atoms with Crippen LogP contribution in [0.2, 0.25) is 0 Å². The normalized spacial score (nSPS) is 10.7. The van der Waals surface area contributed by atoms with Gasteiger partial charge in [-0.05, 0) is 11.6 Å². The maximum absolute atomic E-state index is 12.5. The fourth-order valence-electron chi connectivity index (χ4n) is 2.54. The molecule has 1 heterocycles. The van der Waals surface area contributed by atoms with Crippen molar-refractivity contribution in [2.75, 3.05) is 0 Å². The molecule has 0 aliphatic rings. The summed E-state index contributed by atoms with van der Waals surface area (Å²) in [7, 11) is 1.43. The Morgan fingerprint density at radius 3 is 2.62 bits per heavy atom. The second-order valence-electron chi connectivity index (χ2n) is 5.55. The maximum atomic E-state index is 12.5. The van der Waals surface area contributed by atoms with Crippen LogP contribution in [-0.4, -0.2) is 20.6 Å². The van der Waals surface area contributed by atoms with Crippen LogP contribution in [0.4, 0.5) is 5.69 Å². The monoisotopic (exact) mass is 353 g/mol. The van der Waals surface area contributed by atoms with E-state index in [9.17, 15) is 24.8 Å². The average Bonchev–Trinajstić information content (AvgIpc) is 2.63. The summed E-state index contributed by atoms with van der Waals surface area (Å²) in [6, 6.07) is 9.86. The van der Waals surface area contributed by atoms with Crippen molar-refractivity contribution in [1.29, 1.82) is 0 Å². The van der Waals surface area contributed by atoms with E-state index >= 15 is 0 Å². The molecule has 0 atom stereocenters. The highest BCUT2D eigenvalue weighted by Gasteiger charge is 2.16. The first-order valence-electron chi connectivity index (χ1n) is 7.57. The van der Waals surface area contributed by atoms with E-state index in [4.69, 9.17) is 0 Å². The third-order valence-electron chi connectivity index (χ3n) is 3.87. The summed E-state index contributed by atoms with van der Waals surface area (Å²) < 4.78 is 1.06. The number of hydrogen-bond acceptors (Lipinski definition) is 6. The van der Waals surface area contributed by atoms with Crippen LogP contribution in [0.15, 0.2) is 47.3 Å². The number of nitrogens with zero attached hydrogens (tertiary/aromatic N) is 3. The molecule has 3 rings (SSSR count). The Morgan fingerprint density at radius 2 is 1.92 bits per heavy atom. The minimum Gasteiger partial charge on any atom is -0.872 e. The van der Waals surface area contributed by atoms with Crippen LogP contribution >= 0.6 is 0 Å². The SMILES string of the molecule is Cn1nc(C(=O)NCc2cc([N+](=O)[O-])ccc2[O-])c2ccccc2c1=O. The number of nitro benzene ring substituents is 1. The van der Waals surface area contributed by atoms with Crippen molar-refractivity contribution in [1.82, 2.24) is 15.1 Å². The quantitative estimate of drug-likeness (QED) is 0.546. The second kappa shape index (κ2) is 6.63. The molecule has 0 aliphatic heterocycles. The van der Waals surface area contributed by atoms with Gasteiger partial charge in [0.25, 0.3) is 17.2 Å². The molecule has 0 saturated heterocycles. The molecule has 132 valence electrons. The van der Waals surface area contributed by atoms with Gasteiger partial charge in [-0.2, -0.15) is 5.10 Å². The topological polar surface area (TPSA) is 130 Å². The van der Waals surface area contributed by atoms with Crippen molar-refractivity contribution in [2.24, 2.45) is 7.05 Å². The van der Waals surface area contributed by atoms with Crippen LogP contribution in [-0.2, 0) is 13.6 Å². The summed E-state index contributed by atoms with van der Waals surface area (Å²) in [5.41, 5.74) is -0.459. The summed E-state index contributed by atoms with van der Waals surface area (Å²) in [6.45, 7) is -0.196. The first-order valence-corrected chi connectivity index (χ1v) is 7.57.